The molecule has 0 unspecified atom stereocenters. The fraction of sp³-hybridized carbons (Fsp3) is 0.667. The molecule has 0 aromatic rings. The Balaban J connectivity index is 1.65. The van der Waals surface area contributed by atoms with E-state index in [4.69, 9.17) is 5.73 Å². The Morgan fingerprint density at radius 2 is 2.35 bits per heavy atom. The minimum Gasteiger partial charge on any atom is -0.354 e. The summed E-state index contributed by atoms with van der Waals surface area (Å²) in [6, 6.07) is 0.176. The lowest BCUT2D eigenvalue weighted by Crippen LogP contribution is -2.38. The van der Waals surface area contributed by atoms with Crippen LogP contribution in [0, 0.1) is 5.92 Å². The first-order valence-corrected chi connectivity index (χ1v) is 6.15. The van der Waals surface area contributed by atoms with Crippen molar-refractivity contribution in [2.24, 2.45) is 11.7 Å². The van der Waals surface area contributed by atoms with Crippen LogP contribution in [0.2, 0.25) is 0 Å². The number of carbonyl (C=O) groups is 2. The van der Waals surface area contributed by atoms with Gasteiger partial charge in [-0.2, -0.15) is 0 Å². The van der Waals surface area contributed by atoms with Gasteiger partial charge in [-0.05, 0) is 19.3 Å². The Morgan fingerprint density at radius 3 is 2.94 bits per heavy atom. The van der Waals surface area contributed by atoms with Gasteiger partial charge in [-0.15, -0.1) is 0 Å². The van der Waals surface area contributed by atoms with Crippen LogP contribution in [0.15, 0.2) is 12.2 Å². The van der Waals surface area contributed by atoms with Crippen molar-refractivity contribution >= 4 is 11.8 Å². The number of nitrogens with two attached hydrogens (primary N) is 1. The van der Waals surface area contributed by atoms with Crippen molar-refractivity contribution in [2.45, 2.75) is 25.3 Å². The number of hydrogen-bond donors (Lipinski definition) is 2. The highest BCUT2D eigenvalue weighted by Crippen LogP contribution is 2.23. The van der Waals surface area contributed by atoms with E-state index in [2.05, 4.69) is 5.32 Å². The number of carbonyl (C=O) groups excluding carboxylic acids is 2. The van der Waals surface area contributed by atoms with E-state index in [0.29, 0.717) is 19.6 Å². The molecule has 2 rings (SSSR count). The average molecular weight is 237 g/mol. The Morgan fingerprint density at radius 1 is 1.53 bits per heavy atom. The number of nitrogens with one attached hydrogen (secondary N) is 1. The van der Waals surface area contributed by atoms with Crippen LogP contribution >= 0.6 is 0 Å². The SMILES string of the molecule is N[C@H]1CC[C@H](C(=O)NCCN2CC=CC2=O)C1. The van der Waals surface area contributed by atoms with Gasteiger partial charge in [0.2, 0.25) is 11.8 Å². The predicted molar refractivity (Wildman–Crippen MR) is 64.0 cm³/mol. The first-order chi connectivity index (χ1) is 8.16. The molecule has 0 spiro atoms. The quantitative estimate of drug-likeness (QED) is 0.700. The van der Waals surface area contributed by atoms with Crippen LogP contribution < -0.4 is 11.1 Å². The van der Waals surface area contributed by atoms with E-state index in [9.17, 15) is 9.59 Å². The van der Waals surface area contributed by atoms with E-state index in [1.807, 2.05) is 6.08 Å². The maximum atomic E-state index is 11.8. The van der Waals surface area contributed by atoms with Gasteiger partial charge in [0.25, 0.3) is 0 Å². The normalized spacial score (nSPS) is 27.8. The first-order valence-electron chi connectivity index (χ1n) is 6.15. The van der Waals surface area contributed by atoms with E-state index in [0.717, 1.165) is 19.3 Å². The summed E-state index contributed by atoms with van der Waals surface area (Å²) in [6.45, 7) is 1.76. The molecule has 2 amide bonds. The molecular weight excluding hydrogens is 218 g/mol. The van der Waals surface area contributed by atoms with Gasteiger partial charge in [0.15, 0.2) is 0 Å². The van der Waals surface area contributed by atoms with Gasteiger partial charge in [-0.25, -0.2) is 0 Å². The Labute approximate surface area is 101 Å². The lowest BCUT2D eigenvalue weighted by Gasteiger charge is -2.17. The molecule has 5 heteroatoms. The first kappa shape index (κ1) is 12.1. The zero-order chi connectivity index (χ0) is 12.3. The summed E-state index contributed by atoms with van der Waals surface area (Å²) in [4.78, 5) is 24.7. The molecule has 0 aromatic carbocycles. The van der Waals surface area contributed by atoms with E-state index in [1.54, 1.807) is 11.0 Å². The van der Waals surface area contributed by atoms with E-state index in [-0.39, 0.29) is 23.8 Å². The van der Waals surface area contributed by atoms with E-state index < -0.39 is 0 Å². The molecule has 5 nitrogen and oxygen atoms in total. The molecule has 1 heterocycles. The summed E-state index contributed by atoms with van der Waals surface area (Å²) in [5.74, 6) is 0.178. The summed E-state index contributed by atoms with van der Waals surface area (Å²) in [6.07, 6.45) is 6.01. The summed E-state index contributed by atoms with van der Waals surface area (Å²) >= 11 is 0. The van der Waals surface area contributed by atoms with Crippen LogP contribution in [0.25, 0.3) is 0 Å². The molecular formula is C12H19N3O2. The second-order valence-electron chi connectivity index (χ2n) is 4.75. The van der Waals surface area contributed by atoms with Gasteiger partial charge >= 0.3 is 0 Å². The van der Waals surface area contributed by atoms with Crippen LogP contribution in [0.1, 0.15) is 19.3 Å². The number of amides is 2. The average Bonchev–Trinajstić information content (AvgIpc) is 2.88. The van der Waals surface area contributed by atoms with Crippen molar-refractivity contribution in [3.8, 4) is 0 Å². The van der Waals surface area contributed by atoms with Gasteiger partial charge in [-0.3, -0.25) is 9.59 Å². The molecule has 1 fully saturated rings. The Bertz CT molecular complexity index is 341. The molecule has 0 bridgehead atoms. The van der Waals surface area contributed by atoms with E-state index >= 15 is 0 Å². The van der Waals surface area contributed by atoms with Gasteiger partial charge in [0, 0.05) is 37.7 Å². The fourth-order valence-corrected chi connectivity index (χ4v) is 2.39. The molecule has 2 atom stereocenters. The molecule has 94 valence electrons. The molecule has 0 radical (unpaired) electrons. The molecule has 17 heavy (non-hydrogen) atoms. The van der Waals surface area contributed by atoms with Crippen molar-refractivity contribution in [3.63, 3.8) is 0 Å². The molecule has 3 N–H and O–H groups in total. The molecule has 0 saturated heterocycles. The van der Waals surface area contributed by atoms with Crippen molar-refractivity contribution in [2.75, 3.05) is 19.6 Å². The van der Waals surface area contributed by atoms with Crippen molar-refractivity contribution in [1.82, 2.24) is 10.2 Å². The number of hydrogen-bond acceptors (Lipinski definition) is 3. The Hall–Kier alpha value is -1.36. The van der Waals surface area contributed by atoms with E-state index in [1.165, 1.54) is 0 Å². The molecule has 2 aliphatic rings. The van der Waals surface area contributed by atoms with Crippen molar-refractivity contribution < 1.29 is 9.59 Å². The van der Waals surface area contributed by atoms with Crippen LogP contribution in [0.4, 0.5) is 0 Å². The lowest BCUT2D eigenvalue weighted by atomic mass is 10.1. The third kappa shape index (κ3) is 3.06. The van der Waals surface area contributed by atoms with Gasteiger partial charge in [-0.1, -0.05) is 6.08 Å². The molecule has 1 aliphatic carbocycles. The third-order valence-corrected chi connectivity index (χ3v) is 3.42. The molecule has 1 aliphatic heterocycles. The second kappa shape index (κ2) is 5.31. The number of nitrogens with zero attached hydrogens (tertiary/aromatic N) is 1. The van der Waals surface area contributed by atoms with Gasteiger partial charge in [0.1, 0.15) is 0 Å². The van der Waals surface area contributed by atoms with Crippen LogP contribution in [0.3, 0.4) is 0 Å². The van der Waals surface area contributed by atoms with Crippen LogP contribution in [-0.2, 0) is 9.59 Å². The summed E-state index contributed by atoms with van der Waals surface area (Å²) in [5.41, 5.74) is 5.77. The number of rotatable bonds is 4. The maximum absolute atomic E-state index is 11.8. The minimum atomic E-state index is 0.0298. The highest BCUT2D eigenvalue weighted by atomic mass is 16.2. The van der Waals surface area contributed by atoms with Crippen LogP contribution in [0.5, 0.6) is 0 Å². The zero-order valence-electron chi connectivity index (χ0n) is 9.89. The maximum Gasteiger partial charge on any atom is 0.246 e. The smallest absolute Gasteiger partial charge is 0.246 e. The highest BCUT2D eigenvalue weighted by Gasteiger charge is 2.27. The van der Waals surface area contributed by atoms with Crippen molar-refractivity contribution in [1.29, 1.82) is 0 Å². The predicted octanol–water partition coefficient (Wildman–Crippen LogP) is -0.372. The Kier molecular flexibility index (Phi) is 3.78. The molecule has 1 saturated carbocycles. The summed E-state index contributed by atoms with van der Waals surface area (Å²) in [7, 11) is 0. The zero-order valence-corrected chi connectivity index (χ0v) is 9.89. The standard InChI is InChI=1S/C12H19N3O2/c13-10-4-3-9(8-10)12(17)14-5-7-15-6-1-2-11(15)16/h1-2,9-10H,3-8,13H2,(H,14,17)/t9-,10-/m0/s1. The van der Waals surface area contributed by atoms with Gasteiger partial charge in [0.05, 0.1) is 0 Å². The minimum absolute atomic E-state index is 0.0298. The van der Waals surface area contributed by atoms with Crippen molar-refractivity contribution in [3.05, 3.63) is 12.2 Å². The summed E-state index contributed by atoms with van der Waals surface area (Å²) < 4.78 is 0. The van der Waals surface area contributed by atoms with Crippen LogP contribution in [-0.4, -0.2) is 42.4 Å². The third-order valence-electron chi connectivity index (χ3n) is 3.42. The monoisotopic (exact) mass is 237 g/mol. The lowest BCUT2D eigenvalue weighted by molar-refractivity contribution is -0.127. The molecule has 0 aromatic heterocycles. The fourth-order valence-electron chi connectivity index (χ4n) is 2.39. The highest BCUT2D eigenvalue weighted by molar-refractivity contribution is 5.90. The van der Waals surface area contributed by atoms with Gasteiger partial charge < -0.3 is 16.0 Å². The summed E-state index contributed by atoms with van der Waals surface area (Å²) in [5, 5.41) is 2.88. The largest absolute Gasteiger partial charge is 0.354 e. The second-order valence-corrected chi connectivity index (χ2v) is 4.75. The topological polar surface area (TPSA) is 75.4 Å².